The van der Waals surface area contributed by atoms with Crippen molar-refractivity contribution in [2.75, 3.05) is 0 Å². The van der Waals surface area contributed by atoms with Crippen LogP contribution in [0.4, 0.5) is 0 Å². The van der Waals surface area contributed by atoms with Gasteiger partial charge in [-0.15, -0.1) is 25.7 Å². The predicted octanol–water partition coefficient (Wildman–Crippen LogP) is 1.61. The average molecular weight is 238 g/mol. The van der Waals surface area contributed by atoms with Gasteiger partial charge in [-0.05, 0) is 24.0 Å². The molecule has 0 bridgehead atoms. The fourth-order valence-electron chi connectivity index (χ4n) is 1.21. The Morgan fingerprint density at radius 1 is 0.789 bits per heavy atom. The topological polar surface area (TPSA) is 9.23 Å². The smallest absolute Gasteiger partial charge is 0.171 e. The molecule has 84 valence electrons. The molecule has 1 heteroatoms. The minimum absolute atomic E-state index is 0.305. The maximum atomic E-state index is 5.38. The lowest BCUT2D eigenvalue weighted by atomic mass is 10.0. The summed E-state index contributed by atoms with van der Waals surface area (Å²) in [6.07, 6.45) is 23.4. The Balaban J connectivity index is 3.24. The monoisotopic (exact) mass is 238 g/mol. The molecule has 0 unspecified atom stereocenters. The number of benzene rings is 1. The fraction of sp³-hybridized carbons (Fsp3) is 0. The maximum absolute atomic E-state index is 5.38. The van der Waals surface area contributed by atoms with E-state index >= 15 is 0 Å². The van der Waals surface area contributed by atoms with Crippen LogP contribution >= 0.6 is 0 Å². The molecule has 19 heavy (non-hydrogen) atoms. The quantitative estimate of drug-likeness (QED) is 0.675. The van der Waals surface area contributed by atoms with Gasteiger partial charge in [0.15, 0.2) is 5.75 Å². The molecule has 0 N–H and O–H groups in total. The highest BCUT2D eigenvalue weighted by Crippen LogP contribution is 2.24. The molecule has 0 aliphatic heterocycles. The molecule has 1 rings (SSSR count). The van der Waals surface area contributed by atoms with Crippen LogP contribution in [0.3, 0.4) is 0 Å². The molecule has 0 aliphatic rings. The predicted molar refractivity (Wildman–Crippen MR) is 75.3 cm³/mol. The Morgan fingerprint density at radius 3 is 1.89 bits per heavy atom. The normalized spacial score (nSPS) is 6.95. The highest BCUT2D eigenvalue weighted by atomic mass is 16.5. The minimum atomic E-state index is 0.305. The molecule has 0 aliphatic carbocycles. The average Bonchev–Trinajstić information content (AvgIpc) is 2.46. The third-order valence-corrected chi connectivity index (χ3v) is 1.97. The molecule has 1 aromatic rings. The zero-order valence-corrected chi connectivity index (χ0v) is 9.87. The van der Waals surface area contributed by atoms with Gasteiger partial charge in [0.05, 0.1) is 11.1 Å². The first-order chi connectivity index (χ1) is 9.26. The van der Waals surface area contributed by atoms with E-state index in [4.69, 9.17) is 30.4 Å². The highest BCUT2D eigenvalue weighted by molar-refractivity contribution is 5.60. The molecule has 1 aromatic carbocycles. The van der Waals surface area contributed by atoms with E-state index in [-0.39, 0.29) is 0 Å². The first-order valence-corrected chi connectivity index (χ1v) is 4.97. The van der Waals surface area contributed by atoms with Crippen LogP contribution < -0.4 is 4.74 Å². The lowest BCUT2D eigenvalue weighted by molar-refractivity contribution is 0.517. The third kappa shape index (κ3) is 3.42. The van der Waals surface area contributed by atoms with Crippen LogP contribution in [0.5, 0.6) is 5.75 Å². The summed E-state index contributed by atoms with van der Waals surface area (Å²) in [7, 11) is 0. The largest absolute Gasteiger partial charge is 0.404 e. The van der Waals surface area contributed by atoms with Gasteiger partial charge >= 0.3 is 0 Å². The van der Waals surface area contributed by atoms with Gasteiger partial charge in [-0.1, -0.05) is 17.8 Å². The van der Waals surface area contributed by atoms with Crippen LogP contribution in [0.2, 0.25) is 0 Å². The van der Waals surface area contributed by atoms with Crippen molar-refractivity contribution in [2.24, 2.45) is 0 Å². The van der Waals surface area contributed by atoms with Crippen LogP contribution in [-0.2, 0) is 0 Å². The first-order valence-electron chi connectivity index (χ1n) is 4.97. The molecule has 0 heterocycles. The van der Waals surface area contributed by atoms with Gasteiger partial charge in [-0.3, -0.25) is 0 Å². The number of ether oxygens (including phenoxy) is 1. The summed E-state index contributed by atoms with van der Waals surface area (Å²) in [4.78, 5) is 0. The Bertz CT molecular complexity index is 754. The molecule has 0 aromatic heterocycles. The Hall–Kier alpha value is -3.62. The maximum Gasteiger partial charge on any atom is 0.171 e. The number of terminal acetylenes is 4. The molecule has 0 saturated carbocycles. The van der Waals surface area contributed by atoms with Crippen molar-refractivity contribution < 1.29 is 4.74 Å². The van der Waals surface area contributed by atoms with Crippen molar-refractivity contribution in [1.82, 2.24) is 0 Å². The standard InChI is InChI=1S/C18H6O/c1-5-9-10-11-12-19-18-16(7-3)13-15(6-2)14-17(18)8-4/h1-4,13-14H. The van der Waals surface area contributed by atoms with E-state index in [2.05, 4.69) is 47.5 Å². The lowest BCUT2D eigenvalue weighted by Crippen LogP contribution is -1.93. The molecular weight excluding hydrogens is 232 g/mol. The molecule has 1 nitrogen and oxygen atoms in total. The van der Waals surface area contributed by atoms with Gasteiger partial charge in [-0.2, -0.15) is 0 Å². The van der Waals surface area contributed by atoms with Crippen LogP contribution in [0, 0.1) is 73.2 Å². The second-order valence-electron chi connectivity index (χ2n) is 3.06. The van der Waals surface area contributed by atoms with E-state index in [0.29, 0.717) is 22.4 Å². The molecule has 0 atom stereocenters. The number of hydrogen-bond acceptors (Lipinski definition) is 1. The van der Waals surface area contributed by atoms with E-state index in [1.54, 1.807) is 12.1 Å². The summed E-state index contributed by atoms with van der Waals surface area (Å²) in [5.74, 6) is 16.9. The number of hydrogen-bond donors (Lipinski definition) is 0. The molecule has 0 spiro atoms. The summed E-state index contributed by atoms with van der Waals surface area (Å²) < 4.78 is 5.21. The van der Waals surface area contributed by atoms with Crippen LogP contribution in [0.1, 0.15) is 16.7 Å². The van der Waals surface area contributed by atoms with Crippen molar-refractivity contribution in [3.05, 3.63) is 28.8 Å². The van der Waals surface area contributed by atoms with Crippen molar-refractivity contribution in [3.63, 3.8) is 0 Å². The van der Waals surface area contributed by atoms with Crippen LogP contribution in [0.25, 0.3) is 0 Å². The Morgan fingerprint density at radius 2 is 1.42 bits per heavy atom. The SMILES string of the molecule is C#CC#CC#COc1c(C#C)cc(C#C)cc1C#C. The second kappa shape index (κ2) is 6.85. The molecule has 0 fully saturated rings. The van der Waals surface area contributed by atoms with Crippen molar-refractivity contribution in [3.8, 4) is 79.0 Å². The van der Waals surface area contributed by atoms with Crippen molar-refractivity contribution >= 4 is 0 Å². The van der Waals surface area contributed by atoms with Gasteiger partial charge in [0.1, 0.15) is 6.11 Å². The van der Waals surface area contributed by atoms with Gasteiger partial charge < -0.3 is 4.74 Å². The third-order valence-electron chi connectivity index (χ3n) is 1.97. The molecule has 0 radical (unpaired) electrons. The van der Waals surface area contributed by atoms with E-state index in [9.17, 15) is 0 Å². The summed E-state index contributed by atoms with van der Waals surface area (Å²) in [5.41, 5.74) is 1.44. The molecular formula is C18H6O. The van der Waals surface area contributed by atoms with E-state index in [1.165, 1.54) is 0 Å². The van der Waals surface area contributed by atoms with Crippen molar-refractivity contribution in [1.29, 1.82) is 0 Å². The van der Waals surface area contributed by atoms with Gasteiger partial charge in [0.2, 0.25) is 0 Å². The second-order valence-corrected chi connectivity index (χ2v) is 3.06. The lowest BCUT2D eigenvalue weighted by Gasteiger charge is -2.05. The highest BCUT2D eigenvalue weighted by Gasteiger charge is 2.08. The van der Waals surface area contributed by atoms with E-state index in [0.717, 1.165) is 0 Å². The minimum Gasteiger partial charge on any atom is -0.404 e. The number of rotatable bonds is 1. The summed E-state index contributed by atoms with van der Waals surface area (Å²) in [6, 6.07) is 3.23. The van der Waals surface area contributed by atoms with E-state index < -0.39 is 0 Å². The molecule has 0 amide bonds. The zero-order valence-electron chi connectivity index (χ0n) is 9.87. The first kappa shape index (κ1) is 13.4. The van der Waals surface area contributed by atoms with Gasteiger partial charge in [-0.25, -0.2) is 0 Å². The van der Waals surface area contributed by atoms with Crippen molar-refractivity contribution in [2.45, 2.75) is 0 Å². The summed E-state index contributed by atoms with van der Waals surface area (Å²) in [5, 5.41) is 0. The van der Waals surface area contributed by atoms with E-state index in [1.807, 2.05) is 0 Å². The van der Waals surface area contributed by atoms with Gasteiger partial charge in [0, 0.05) is 17.4 Å². The van der Waals surface area contributed by atoms with Crippen LogP contribution in [-0.4, -0.2) is 0 Å². The van der Waals surface area contributed by atoms with Gasteiger partial charge in [0.25, 0.3) is 0 Å². The fourth-order valence-corrected chi connectivity index (χ4v) is 1.21. The zero-order chi connectivity index (χ0) is 14.1. The van der Waals surface area contributed by atoms with Crippen LogP contribution in [0.15, 0.2) is 12.1 Å². The molecule has 0 saturated heterocycles. The summed E-state index contributed by atoms with van der Waals surface area (Å²) in [6.45, 7) is 0. The Labute approximate surface area is 113 Å². The summed E-state index contributed by atoms with van der Waals surface area (Å²) >= 11 is 0. The Kier molecular flexibility index (Phi) is 4.85.